The van der Waals surface area contributed by atoms with Gasteiger partial charge in [-0.2, -0.15) is 0 Å². The normalized spacial score (nSPS) is 20.7. The molecule has 3 atom stereocenters. The SMILES string of the molecule is C=CCN1CC=C(C(N[S@@+]([O-])C(C)(C)C)[C@@H](C)O[Si](C)(C)C(C)(C)C)CC1. The summed E-state index contributed by atoms with van der Waals surface area (Å²) in [5.41, 5.74) is 1.32. The number of hydrogen-bond acceptors (Lipinski definition) is 4. The molecule has 0 saturated carbocycles. The van der Waals surface area contributed by atoms with E-state index in [4.69, 9.17) is 4.43 Å². The van der Waals surface area contributed by atoms with E-state index in [2.05, 4.69) is 63.1 Å². The van der Waals surface area contributed by atoms with Gasteiger partial charge in [0, 0.05) is 31.0 Å². The highest BCUT2D eigenvalue weighted by atomic mass is 32.2. The molecular formula is C21H42N2O2SSi. The Labute approximate surface area is 172 Å². The molecule has 0 saturated heterocycles. The van der Waals surface area contributed by atoms with Crippen LogP contribution in [0.1, 0.15) is 54.9 Å². The molecule has 6 heteroatoms. The van der Waals surface area contributed by atoms with E-state index in [0.29, 0.717) is 0 Å². The minimum Gasteiger partial charge on any atom is -0.598 e. The molecule has 0 aliphatic carbocycles. The van der Waals surface area contributed by atoms with Crippen LogP contribution in [0.2, 0.25) is 18.1 Å². The Morgan fingerprint density at radius 3 is 2.33 bits per heavy atom. The summed E-state index contributed by atoms with van der Waals surface area (Å²) in [5, 5.41) is 0.149. The van der Waals surface area contributed by atoms with Crippen molar-refractivity contribution in [1.82, 2.24) is 9.62 Å². The molecule has 4 nitrogen and oxygen atoms in total. The predicted molar refractivity (Wildman–Crippen MR) is 122 cm³/mol. The number of rotatable bonds is 8. The molecule has 1 rings (SSSR count). The lowest BCUT2D eigenvalue weighted by atomic mass is 9.97. The third-order valence-corrected chi connectivity index (χ3v) is 11.8. The van der Waals surface area contributed by atoms with Crippen LogP contribution < -0.4 is 4.72 Å². The molecule has 0 bridgehead atoms. The van der Waals surface area contributed by atoms with Gasteiger partial charge in [0.2, 0.25) is 0 Å². The standard InChI is InChI=1S/C21H42N2O2SSi/c1-11-14-23-15-12-18(13-16-23)19(22-26(24)20(3,4)5)17(2)25-27(9,10)21(6,7)8/h11-12,17,19,22H,1,13-16H2,2-10H3/t17-,19?,26+/m1/s1. The van der Waals surface area contributed by atoms with Crippen LogP contribution in [0.25, 0.3) is 0 Å². The Hall–Kier alpha value is -0.113. The summed E-state index contributed by atoms with van der Waals surface area (Å²) in [6.45, 7) is 26.2. The lowest BCUT2D eigenvalue weighted by molar-refractivity contribution is 0.170. The van der Waals surface area contributed by atoms with Crippen molar-refractivity contribution in [2.45, 2.75) is 89.9 Å². The molecule has 158 valence electrons. The lowest BCUT2D eigenvalue weighted by Gasteiger charge is -2.42. The van der Waals surface area contributed by atoms with Crippen LogP contribution >= 0.6 is 0 Å². The van der Waals surface area contributed by atoms with E-state index in [-0.39, 0.29) is 21.9 Å². The maximum absolute atomic E-state index is 12.9. The van der Waals surface area contributed by atoms with Crippen LogP contribution in [0.3, 0.4) is 0 Å². The Kier molecular flexibility index (Phi) is 8.85. The average molecular weight is 415 g/mol. The van der Waals surface area contributed by atoms with Gasteiger partial charge in [0.05, 0.1) is 12.1 Å². The minimum atomic E-state index is -1.91. The van der Waals surface area contributed by atoms with Crippen molar-refractivity contribution in [3.63, 3.8) is 0 Å². The summed E-state index contributed by atoms with van der Waals surface area (Å²) in [6.07, 6.45) is 5.19. The molecule has 0 aromatic rings. The summed E-state index contributed by atoms with van der Waals surface area (Å²) in [6, 6.07) is -0.0231. The Morgan fingerprint density at radius 2 is 1.93 bits per heavy atom. The maximum atomic E-state index is 12.9. The zero-order valence-corrected chi connectivity index (χ0v) is 20.8. The first-order valence-corrected chi connectivity index (χ1v) is 14.1. The van der Waals surface area contributed by atoms with E-state index in [1.165, 1.54) is 5.57 Å². The zero-order valence-electron chi connectivity index (χ0n) is 19.0. The van der Waals surface area contributed by atoms with Crippen LogP contribution in [0.5, 0.6) is 0 Å². The largest absolute Gasteiger partial charge is 0.598 e. The van der Waals surface area contributed by atoms with Gasteiger partial charge >= 0.3 is 0 Å². The molecule has 0 amide bonds. The highest BCUT2D eigenvalue weighted by molar-refractivity contribution is 7.90. The van der Waals surface area contributed by atoms with E-state index in [1.54, 1.807) is 0 Å². The lowest BCUT2D eigenvalue weighted by Crippen LogP contribution is -2.54. The van der Waals surface area contributed by atoms with Crippen molar-refractivity contribution in [3.8, 4) is 0 Å². The van der Waals surface area contributed by atoms with Gasteiger partial charge in [-0.25, -0.2) is 0 Å². The van der Waals surface area contributed by atoms with Crippen molar-refractivity contribution in [1.29, 1.82) is 0 Å². The van der Waals surface area contributed by atoms with Crippen molar-refractivity contribution in [2.75, 3.05) is 19.6 Å². The van der Waals surface area contributed by atoms with Crippen molar-refractivity contribution in [2.24, 2.45) is 0 Å². The Bertz CT molecular complexity index is 523. The second kappa shape index (κ2) is 9.59. The van der Waals surface area contributed by atoms with E-state index < -0.39 is 19.7 Å². The number of nitrogens with zero attached hydrogens (tertiary/aromatic N) is 1. The summed E-state index contributed by atoms with van der Waals surface area (Å²) in [5.74, 6) is 0. The first-order chi connectivity index (χ1) is 12.2. The van der Waals surface area contributed by atoms with Crippen LogP contribution in [0.4, 0.5) is 0 Å². The van der Waals surface area contributed by atoms with E-state index in [9.17, 15) is 4.55 Å². The van der Waals surface area contributed by atoms with Crippen molar-refractivity contribution < 1.29 is 8.98 Å². The molecule has 1 heterocycles. The Morgan fingerprint density at radius 1 is 1.33 bits per heavy atom. The minimum absolute atomic E-state index is 0.0191. The van der Waals surface area contributed by atoms with Gasteiger partial charge in [-0.1, -0.05) is 32.9 Å². The molecule has 27 heavy (non-hydrogen) atoms. The highest BCUT2D eigenvalue weighted by Gasteiger charge is 2.42. The van der Waals surface area contributed by atoms with Crippen molar-refractivity contribution >= 4 is 19.7 Å². The van der Waals surface area contributed by atoms with Crippen molar-refractivity contribution in [3.05, 3.63) is 24.3 Å². The van der Waals surface area contributed by atoms with Gasteiger partial charge in [0.15, 0.2) is 8.32 Å². The third kappa shape index (κ3) is 7.33. The van der Waals surface area contributed by atoms with Crippen LogP contribution in [-0.4, -0.2) is 54.3 Å². The Balaban J connectivity index is 3.03. The van der Waals surface area contributed by atoms with Gasteiger partial charge in [-0.05, 0) is 57.8 Å². The topological polar surface area (TPSA) is 47.6 Å². The number of nitrogens with one attached hydrogen (secondary N) is 1. The smallest absolute Gasteiger partial charge is 0.192 e. The van der Waals surface area contributed by atoms with Gasteiger partial charge < -0.3 is 8.98 Å². The average Bonchev–Trinajstić information content (AvgIpc) is 2.51. The third-order valence-electron chi connectivity index (χ3n) is 5.66. The summed E-state index contributed by atoms with van der Waals surface area (Å²) in [7, 11) is -1.91. The second-order valence-electron chi connectivity index (χ2n) is 10.1. The van der Waals surface area contributed by atoms with Gasteiger partial charge in [0.25, 0.3) is 0 Å². The van der Waals surface area contributed by atoms with Crippen LogP contribution in [-0.2, 0) is 15.8 Å². The monoisotopic (exact) mass is 414 g/mol. The zero-order chi connectivity index (χ0) is 21.0. The maximum Gasteiger partial charge on any atom is 0.192 e. The second-order valence-corrected chi connectivity index (χ2v) is 16.9. The molecule has 1 N–H and O–H groups in total. The van der Waals surface area contributed by atoms with Crippen LogP contribution in [0.15, 0.2) is 24.3 Å². The molecule has 1 aliphatic rings. The molecule has 0 fully saturated rings. The van der Waals surface area contributed by atoms with Crippen LogP contribution in [0, 0.1) is 0 Å². The molecule has 0 radical (unpaired) electrons. The first kappa shape index (κ1) is 24.9. The first-order valence-electron chi connectivity index (χ1n) is 10.1. The number of hydrogen-bond donors (Lipinski definition) is 1. The van der Waals surface area contributed by atoms with Gasteiger partial charge in [-0.3, -0.25) is 4.90 Å². The van der Waals surface area contributed by atoms with Gasteiger partial charge in [-0.15, -0.1) is 11.3 Å². The highest BCUT2D eigenvalue weighted by Crippen LogP contribution is 2.38. The van der Waals surface area contributed by atoms with E-state index in [0.717, 1.165) is 26.1 Å². The summed E-state index contributed by atoms with van der Waals surface area (Å²) < 4.78 is 22.6. The van der Waals surface area contributed by atoms with Gasteiger partial charge in [0.1, 0.15) is 4.75 Å². The summed E-state index contributed by atoms with van der Waals surface area (Å²) >= 11 is -1.14. The fraction of sp³-hybridized carbons (Fsp3) is 0.810. The molecule has 0 aromatic heterocycles. The molecule has 1 unspecified atom stereocenters. The quantitative estimate of drug-likeness (QED) is 0.357. The fourth-order valence-corrected chi connectivity index (χ4v) is 5.18. The van der Waals surface area contributed by atoms with E-state index >= 15 is 0 Å². The predicted octanol–water partition coefficient (Wildman–Crippen LogP) is 4.64. The molecule has 0 aromatic carbocycles. The molecule has 1 aliphatic heterocycles. The molecular weight excluding hydrogens is 372 g/mol. The molecule has 0 spiro atoms. The fourth-order valence-electron chi connectivity index (χ4n) is 2.83. The summed E-state index contributed by atoms with van der Waals surface area (Å²) in [4.78, 5) is 2.37. The van der Waals surface area contributed by atoms with E-state index in [1.807, 2.05) is 26.8 Å².